The second kappa shape index (κ2) is 4.35. The van der Waals surface area contributed by atoms with E-state index in [0.29, 0.717) is 0 Å². The summed E-state index contributed by atoms with van der Waals surface area (Å²) in [5.41, 5.74) is -0.315. The van der Waals surface area contributed by atoms with E-state index in [4.69, 9.17) is 5.11 Å². The van der Waals surface area contributed by atoms with E-state index in [1.807, 2.05) is 0 Å². The first-order valence-corrected chi connectivity index (χ1v) is 4.96. The second-order valence-corrected chi connectivity index (χ2v) is 3.75. The highest BCUT2D eigenvalue weighted by Gasteiger charge is 2.34. The summed E-state index contributed by atoms with van der Waals surface area (Å²) in [4.78, 5) is 10.8. The largest absolute Gasteiger partial charge is 0.479 e. The molecule has 0 saturated heterocycles. The maximum absolute atomic E-state index is 10.8. The Labute approximate surface area is 83.7 Å². The van der Waals surface area contributed by atoms with Crippen LogP contribution in [0.3, 0.4) is 0 Å². The average molecular weight is 196 g/mol. The van der Waals surface area contributed by atoms with Gasteiger partial charge in [0.2, 0.25) is 0 Å². The molecule has 0 spiro atoms. The van der Waals surface area contributed by atoms with Gasteiger partial charge in [-0.3, -0.25) is 0 Å². The zero-order valence-corrected chi connectivity index (χ0v) is 8.66. The summed E-state index contributed by atoms with van der Waals surface area (Å²) in [6.45, 7) is 3.69. The van der Waals surface area contributed by atoms with E-state index in [1.165, 1.54) is 0 Å². The molecule has 4 heteroatoms. The Hall–Kier alpha value is -1.19. The summed E-state index contributed by atoms with van der Waals surface area (Å²) in [7, 11) is 0. The Morgan fingerprint density at radius 1 is 1.57 bits per heavy atom. The third-order valence-electron chi connectivity index (χ3n) is 2.30. The number of allylic oxidation sites excluding steroid dienone is 1. The second-order valence-electron chi connectivity index (χ2n) is 3.75. The number of rotatable bonds is 5. The van der Waals surface area contributed by atoms with Gasteiger partial charge < -0.3 is 5.11 Å². The number of unbranched alkanes of at least 4 members (excludes halogenated alkanes) is 2. The molecule has 1 rings (SSSR count). The van der Waals surface area contributed by atoms with Crippen molar-refractivity contribution in [1.29, 1.82) is 0 Å². The van der Waals surface area contributed by atoms with Gasteiger partial charge in [-0.1, -0.05) is 19.8 Å². The lowest BCUT2D eigenvalue weighted by molar-refractivity contribution is -0.140. The van der Waals surface area contributed by atoms with Crippen LogP contribution >= 0.6 is 0 Å². The molecule has 0 amide bonds. The van der Waals surface area contributed by atoms with E-state index >= 15 is 0 Å². The van der Waals surface area contributed by atoms with Gasteiger partial charge in [-0.15, -0.1) is 0 Å². The Bertz CT molecular complexity index is 284. The first-order chi connectivity index (χ1) is 6.58. The zero-order valence-electron chi connectivity index (χ0n) is 8.66. The fourth-order valence-electron chi connectivity index (χ4n) is 1.33. The van der Waals surface area contributed by atoms with Gasteiger partial charge in [-0.2, -0.15) is 10.2 Å². The van der Waals surface area contributed by atoms with E-state index in [1.54, 1.807) is 13.0 Å². The van der Waals surface area contributed by atoms with Gasteiger partial charge in [0.1, 0.15) is 0 Å². The number of carboxylic acids is 1. The van der Waals surface area contributed by atoms with E-state index in [0.717, 1.165) is 31.4 Å². The maximum atomic E-state index is 10.8. The minimum absolute atomic E-state index is 0.809. The monoisotopic (exact) mass is 196 g/mol. The van der Waals surface area contributed by atoms with Crippen LogP contribution in [-0.4, -0.2) is 16.6 Å². The lowest BCUT2D eigenvalue weighted by Gasteiger charge is -2.07. The number of hydrogen-bond donors (Lipinski definition) is 1. The quantitative estimate of drug-likeness (QED) is 0.687. The molecule has 78 valence electrons. The smallest absolute Gasteiger partial charge is 0.337 e. The van der Waals surface area contributed by atoms with E-state index in [9.17, 15) is 4.79 Å². The lowest BCUT2D eigenvalue weighted by atomic mass is 10.0. The molecule has 0 bridgehead atoms. The molecule has 14 heavy (non-hydrogen) atoms. The van der Waals surface area contributed by atoms with Crippen LogP contribution in [0.25, 0.3) is 0 Å². The van der Waals surface area contributed by atoms with Gasteiger partial charge in [0.05, 0.1) is 5.70 Å². The first kappa shape index (κ1) is 10.9. The van der Waals surface area contributed by atoms with Crippen molar-refractivity contribution in [2.24, 2.45) is 10.2 Å². The minimum Gasteiger partial charge on any atom is -0.479 e. The fourth-order valence-corrected chi connectivity index (χ4v) is 1.33. The van der Waals surface area contributed by atoms with Crippen molar-refractivity contribution >= 4 is 5.97 Å². The van der Waals surface area contributed by atoms with Crippen molar-refractivity contribution < 1.29 is 9.90 Å². The molecule has 0 aromatic heterocycles. The van der Waals surface area contributed by atoms with Crippen molar-refractivity contribution in [2.75, 3.05) is 0 Å². The number of hydrogen-bond acceptors (Lipinski definition) is 3. The summed E-state index contributed by atoms with van der Waals surface area (Å²) in [6.07, 6.45) is 5.83. The Morgan fingerprint density at radius 3 is 2.79 bits per heavy atom. The number of nitrogens with zero attached hydrogens (tertiary/aromatic N) is 2. The molecular formula is C10H16N2O2. The van der Waals surface area contributed by atoms with Crippen LogP contribution < -0.4 is 0 Å². The highest BCUT2D eigenvalue weighted by atomic mass is 16.4. The van der Waals surface area contributed by atoms with Crippen molar-refractivity contribution in [3.8, 4) is 0 Å². The molecule has 1 aliphatic heterocycles. The van der Waals surface area contributed by atoms with E-state index in [2.05, 4.69) is 17.2 Å². The zero-order chi connectivity index (χ0) is 10.6. The molecule has 1 atom stereocenters. The third kappa shape index (κ3) is 2.40. The Kier molecular flexibility index (Phi) is 3.38. The highest BCUT2D eigenvalue weighted by Crippen LogP contribution is 2.26. The van der Waals surface area contributed by atoms with Crippen molar-refractivity contribution in [3.63, 3.8) is 0 Å². The summed E-state index contributed by atoms with van der Waals surface area (Å²) in [5, 5.41) is 16.5. The summed E-state index contributed by atoms with van der Waals surface area (Å²) in [5.74, 6) is -0.938. The van der Waals surface area contributed by atoms with Crippen LogP contribution in [0.5, 0.6) is 0 Å². The first-order valence-electron chi connectivity index (χ1n) is 4.96. The van der Waals surface area contributed by atoms with Crippen LogP contribution in [0, 0.1) is 0 Å². The summed E-state index contributed by atoms with van der Waals surface area (Å²) < 4.78 is 0. The normalized spacial score (nSPS) is 25.1. The van der Waals surface area contributed by atoms with Crippen LogP contribution in [0.15, 0.2) is 22.0 Å². The Balaban J connectivity index is 2.51. The summed E-state index contributed by atoms with van der Waals surface area (Å²) >= 11 is 0. The molecule has 0 fully saturated rings. The van der Waals surface area contributed by atoms with Crippen LogP contribution in [0.2, 0.25) is 0 Å². The summed E-state index contributed by atoms with van der Waals surface area (Å²) in [6, 6.07) is 0. The minimum atomic E-state index is -1.12. The van der Waals surface area contributed by atoms with Crippen molar-refractivity contribution in [2.45, 2.75) is 45.1 Å². The van der Waals surface area contributed by atoms with Gasteiger partial charge in [0.25, 0.3) is 0 Å². The molecule has 1 N–H and O–H groups in total. The molecule has 0 aromatic rings. The molecule has 1 heterocycles. The number of aliphatic carboxylic acids is 1. The topological polar surface area (TPSA) is 62.0 Å². The molecular weight excluding hydrogens is 180 g/mol. The van der Waals surface area contributed by atoms with Crippen LogP contribution in [-0.2, 0) is 4.79 Å². The molecule has 0 aliphatic carbocycles. The predicted octanol–water partition coefficient (Wildman–Crippen LogP) is 2.76. The van der Waals surface area contributed by atoms with Gasteiger partial charge in [0, 0.05) is 0 Å². The lowest BCUT2D eigenvalue weighted by Crippen LogP contribution is -2.28. The van der Waals surface area contributed by atoms with E-state index < -0.39 is 11.5 Å². The van der Waals surface area contributed by atoms with E-state index in [-0.39, 0.29) is 0 Å². The van der Waals surface area contributed by atoms with Gasteiger partial charge in [-0.05, 0) is 25.8 Å². The predicted molar refractivity (Wildman–Crippen MR) is 53.1 cm³/mol. The Morgan fingerprint density at radius 2 is 2.29 bits per heavy atom. The van der Waals surface area contributed by atoms with Crippen molar-refractivity contribution in [3.05, 3.63) is 11.8 Å². The SMILES string of the molecule is CCCCCC1=CC(C)(C(=O)O)N=N1. The average Bonchev–Trinajstić information content (AvgIpc) is 2.50. The highest BCUT2D eigenvalue weighted by molar-refractivity contribution is 5.81. The molecule has 1 unspecified atom stereocenters. The van der Waals surface area contributed by atoms with Crippen LogP contribution in [0.4, 0.5) is 0 Å². The van der Waals surface area contributed by atoms with Crippen LogP contribution in [0.1, 0.15) is 39.5 Å². The number of azo groups is 1. The molecule has 0 saturated carbocycles. The molecule has 0 radical (unpaired) electrons. The van der Waals surface area contributed by atoms with Gasteiger partial charge >= 0.3 is 5.97 Å². The van der Waals surface area contributed by atoms with Crippen molar-refractivity contribution in [1.82, 2.24) is 0 Å². The maximum Gasteiger partial charge on any atom is 0.337 e. The number of carbonyl (C=O) groups is 1. The van der Waals surface area contributed by atoms with Gasteiger partial charge in [-0.25, -0.2) is 4.79 Å². The number of carboxylic acid groups (broad SMARTS) is 1. The molecule has 0 aromatic carbocycles. The molecule has 4 nitrogen and oxygen atoms in total. The fraction of sp³-hybridized carbons (Fsp3) is 0.700. The standard InChI is InChI=1S/C10H16N2O2/c1-3-4-5-6-8-7-10(2,9(13)14)12-11-8/h7H,3-6H2,1-2H3,(H,13,14). The van der Waals surface area contributed by atoms with Gasteiger partial charge in [0.15, 0.2) is 5.54 Å². The third-order valence-corrected chi connectivity index (χ3v) is 2.30. The molecule has 1 aliphatic rings.